The second-order valence-electron chi connectivity index (χ2n) is 4.15. The van der Waals surface area contributed by atoms with Crippen molar-refractivity contribution >= 4 is 0 Å². The molecule has 0 spiro atoms. The topological polar surface area (TPSA) is 64.5 Å². The second kappa shape index (κ2) is 5.84. The number of methoxy groups -OCH3 is 1. The average molecular weight is 223 g/mol. The fourth-order valence-electron chi connectivity index (χ4n) is 1.63. The summed E-state index contributed by atoms with van der Waals surface area (Å²) in [6.45, 7) is 1.28. The maximum Gasteiger partial charge on any atom is 0.123 e. The van der Waals surface area contributed by atoms with Crippen LogP contribution in [0.3, 0.4) is 0 Å². The molecule has 0 fully saturated rings. The minimum Gasteiger partial charge on any atom is -0.496 e. The van der Waals surface area contributed by atoms with Crippen LogP contribution >= 0.6 is 0 Å². The highest BCUT2D eigenvalue weighted by molar-refractivity contribution is 5.38. The van der Waals surface area contributed by atoms with Crippen LogP contribution in [0, 0.1) is 0 Å². The predicted octanol–water partition coefficient (Wildman–Crippen LogP) is 0.715. The Labute approximate surface area is 97.2 Å². The minimum atomic E-state index is -0.105. The third-order valence-electron chi connectivity index (χ3n) is 2.47. The van der Waals surface area contributed by atoms with Crippen molar-refractivity contribution in [2.24, 2.45) is 11.5 Å². The van der Waals surface area contributed by atoms with Gasteiger partial charge in [-0.25, -0.2) is 0 Å². The van der Waals surface area contributed by atoms with Crippen molar-refractivity contribution in [3.8, 4) is 5.75 Å². The van der Waals surface area contributed by atoms with Gasteiger partial charge >= 0.3 is 0 Å². The molecule has 4 heteroatoms. The summed E-state index contributed by atoms with van der Waals surface area (Å²) in [7, 11) is 5.72. The van der Waals surface area contributed by atoms with Gasteiger partial charge in [-0.15, -0.1) is 0 Å². The molecule has 1 rings (SSSR count). The Kier molecular flexibility index (Phi) is 4.73. The Morgan fingerprint density at radius 1 is 1.38 bits per heavy atom. The largest absolute Gasteiger partial charge is 0.496 e. The van der Waals surface area contributed by atoms with Crippen LogP contribution in [0.2, 0.25) is 0 Å². The van der Waals surface area contributed by atoms with Crippen molar-refractivity contribution in [3.05, 3.63) is 29.3 Å². The van der Waals surface area contributed by atoms with Crippen molar-refractivity contribution < 1.29 is 4.74 Å². The van der Waals surface area contributed by atoms with Gasteiger partial charge in [0.15, 0.2) is 0 Å². The second-order valence-corrected chi connectivity index (χ2v) is 4.15. The van der Waals surface area contributed by atoms with Gasteiger partial charge in [-0.2, -0.15) is 0 Å². The van der Waals surface area contributed by atoms with E-state index in [1.807, 2.05) is 26.2 Å². The third kappa shape index (κ3) is 3.20. The van der Waals surface area contributed by atoms with Gasteiger partial charge in [-0.1, -0.05) is 6.07 Å². The van der Waals surface area contributed by atoms with E-state index >= 15 is 0 Å². The molecule has 0 aliphatic carbocycles. The smallest absolute Gasteiger partial charge is 0.123 e. The van der Waals surface area contributed by atoms with Gasteiger partial charge in [0.25, 0.3) is 0 Å². The zero-order valence-corrected chi connectivity index (χ0v) is 10.2. The van der Waals surface area contributed by atoms with Crippen LogP contribution in [0.25, 0.3) is 0 Å². The lowest BCUT2D eigenvalue weighted by molar-refractivity contribution is 0.371. The lowest BCUT2D eigenvalue weighted by Gasteiger charge is -2.16. The Bertz CT molecular complexity index is 339. The molecule has 1 atom stereocenters. The highest BCUT2D eigenvalue weighted by Crippen LogP contribution is 2.23. The molecule has 4 N–H and O–H groups in total. The molecule has 0 unspecified atom stereocenters. The molecule has 4 nitrogen and oxygen atoms in total. The molecule has 0 saturated heterocycles. The molecule has 0 bridgehead atoms. The molecule has 90 valence electrons. The molecule has 0 aliphatic heterocycles. The van der Waals surface area contributed by atoms with Crippen LogP contribution in [-0.2, 0) is 6.54 Å². The van der Waals surface area contributed by atoms with Crippen molar-refractivity contribution in [1.29, 1.82) is 0 Å². The van der Waals surface area contributed by atoms with Crippen molar-refractivity contribution in [2.45, 2.75) is 12.6 Å². The Balaban J connectivity index is 3.00. The van der Waals surface area contributed by atoms with Gasteiger partial charge in [0.05, 0.1) is 7.11 Å². The SMILES string of the molecule is COc1ccc([C@@H](N)CN)cc1CN(C)C. The van der Waals surface area contributed by atoms with Crippen LogP contribution in [0.15, 0.2) is 18.2 Å². The number of nitrogens with two attached hydrogens (primary N) is 2. The van der Waals surface area contributed by atoms with Crippen LogP contribution in [0.5, 0.6) is 5.75 Å². The van der Waals surface area contributed by atoms with Crippen LogP contribution in [0.1, 0.15) is 17.2 Å². The van der Waals surface area contributed by atoms with Gasteiger partial charge in [0.1, 0.15) is 5.75 Å². The fourth-order valence-corrected chi connectivity index (χ4v) is 1.63. The van der Waals surface area contributed by atoms with E-state index in [0.29, 0.717) is 6.54 Å². The zero-order valence-electron chi connectivity index (χ0n) is 10.2. The number of rotatable bonds is 5. The average Bonchev–Trinajstić information content (AvgIpc) is 2.27. The first-order valence-electron chi connectivity index (χ1n) is 5.35. The summed E-state index contributed by atoms with van der Waals surface area (Å²) < 4.78 is 5.32. The molecule has 0 aromatic heterocycles. The first-order valence-corrected chi connectivity index (χ1v) is 5.35. The molecule has 0 heterocycles. The van der Waals surface area contributed by atoms with E-state index in [9.17, 15) is 0 Å². The fraction of sp³-hybridized carbons (Fsp3) is 0.500. The predicted molar refractivity (Wildman–Crippen MR) is 66.4 cm³/mol. The number of ether oxygens (including phenoxy) is 1. The summed E-state index contributed by atoms with van der Waals surface area (Å²) in [4.78, 5) is 2.09. The molecule has 1 aromatic rings. The molecule has 0 radical (unpaired) electrons. The standard InChI is InChI=1S/C12H21N3O/c1-15(2)8-10-6-9(11(14)7-13)4-5-12(10)16-3/h4-6,11H,7-8,13-14H2,1-3H3/t11-/m0/s1. The van der Waals surface area contributed by atoms with E-state index in [1.54, 1.807) is 7.11 Å². The van der Waals surface area contributed by atoms with Crippen LogP contribution in [-0.4, -0.2) is 32.6 Å². The number of nitrogens with zero attached hydrogens (tertiary/aromatic N) is 1. The first-order chi connectivity index (χ1) is 7.58. The number of benzene rings is 1. The van der Waals surface area contributed by atoms with E-state index in [0.717, 1.165) is 23.4 Å². The van der Waals surface area contributed by atoms with Gasteiger partial charge < -0.3 is 21.1 Å². The molecule has 0 saturated carbocycles. The van der Waals surface area contributed by atoms with Crippen molar-refractivity contribution in [3.63, 3.8) is 0 Å². The quantitative estimate of drug-likeness (QED) is 0.772. The summed E-state index contributed by atoms with van der Waals surface area (Å²) >= 11 is 0. The Morgan fingerprint density at radius 3 is 2.56 bits per heavy atom. The molecular formula is C12H21N3O. The lowest BCUT2D eigenvalue weighted by atomic mass is 10.0. The van der Waals surface area contributed by atoms with Gasteiger partial charge in [-0.3, -0.25) is 0 Å². The monoisotopic (exact) mass is 223 g/mol. The van der Waals surface area contributed by atoms with Crippen LogP contribution < -0.4 is 16.2 Å². The summed E-state index contributed by atoms with van der Waals surface area (Å²) in [5.41, 5.74) is 13.7. The molecule has 0 aliphatic rings. The molecule has 16 heavy (non-hydrogen) atoms. The van der Waals surface area contributed by atoms with Crippen molar-refractivity contribution in [1.82, 2.24) is 4.90 Å². The van der Waals surface area contributed by atoms with Gasteiger partial charge in [0, 0.05) is 24.7 Å². The lowest BCUT2D eigenvalue weighted by Crippen LogP contribution is -2.21. The third-order valence-corrected chi connectivity index (χ3v) is 2.47. The Hall–Kier alpha value is -1.10. The summed E-state index contributed by atoms with van der Waals surface area (Å²) in [5.74, 6) is 0.890. The normalized spacial score (nSPS) is 12.9. The first kappa shape index (κ1) is 13.0. The highest BCUT2D eigenvalue weighted by atomic mass is 16.5. The van der Waals surface area contributed by atoms with Crippen LogP contribution in [0.4, 0.5) is 0 Å². The maximum absolute atomic E-state index is 5.91. The highest BCUT2D eigenvalue weighted by Gasteiger charge is 2.09. The van der Waals surface area contributed by atoms with Crippen molar-refractivity contribution in [2.75, 3.05) is 27.7 Å². The minimum absolute atomic E-state index is 0.105. The summed E-state index contributed by atoms with van der Waals surface area (Å²) in [6, 6.07) is 5.88. The van der Waals surface area contributed by atoms with E-state index < -0.39 is 0 Å². The molecule has 0 amide bonds. The molecule has 1 aromatic carbocycles. The van der Waals surface area contributed by atoms with Gasteiger partial charge in [0.2, 0.25) is 0 Å². The number of hydrogen-bond donors (Lipinski definition) is 2. The molecular weight excluding hydrogens is 202 g/mol. The van der Waals surface area contributed by atoms with E-state index in [4.69, 9.17) is 16.2 Å². The van der Waals surface area contributed by atoms with E-state index in [-0.39, 0.29) is 6.04 Å². The van der Waals surface area contributed by atoms with E-state index in [2.05, 4.69) is 11.0 Å². The van der Waals surface area contributed by atoms with E-state index in [1.165, 1.54) is 0 Å². The summed E-state index contributed by atoms with van der Waals surface area (Å²) in [6.07, 6.45) is 0. The summed E-state index contributed by atoms with van der Waals surface area (Å²) in [5, 5.41) is 0. The van der Waals surface area contributed by atoms with Gasteiger partial charge in [-0.05, 0) is 31.8 Å². The Morgan fingerprint density at radius 2 is 2.06 bits per heavy atom. The number of hydrogen-bond acceptors (Lipinski definition) is 4. The maximum atomic E-state index is 5.91. The zero-order chi connectivity index (χ0) is 12.1.